The minimum Gasteiger partial charge on any atom is -0.309 e. The molecule has 0 radical (unpaired) electrons. The summed E-state index contributed by atoms with van der Waals surface area (Å²) >= 11 is 5.95. The topological polar surface area (TPSA) is 87.8 Å². The molecule has 0 heterocycles. The summed E-state index contributed by atoms with van der Waals surface area (Å²) in [5.74, 6) is 0. The van der Waals surface area contributed by atoms with Gasteiger partial charge in [-0.1, -0.05) is 23.7 Å². The Balaban J connectivity index is 2.20. The van der Waals surface area contributed by atoms with Crippen LogP contribution in [0.3, 0.4) is 0 Å². The molecule has 0 saturated carbocycles. The molecular weight excluding hydrogens is 360 g/mol. The fourth-order valence-electron chi connectivity index (χ4n) is 2.09. The average Bonchev–Trinajstić information content (AvgIpc) is 2.55. The molecule has 0 aliphatic heterocycles. The zero-order chi connectivity index (χ0) is 18.4. The third-order valence-electron chi connectivity index (χ3n) is 3.48. The van der Waals surface area contributed by atoms with Crippen molar-refractivity contribution in [2.75, 3.05) is 26.1 Å². The highest BCUT2D eigenvalue weighted by Crippen LogP contribution is 2.15. The van der Waals surface area contributed by atoms with Gasteiger partial charge in [-0.05, 0) is 56.1 Å². The highest BCUT2D eigenvalue weighted by atomic mass is 35.5. The molecule has 0 bridgehead atoms. The number of nitrogens with two attached hydrogens (primary N) is 1. The van der Waals surface area contributed by atoms with Gasteiger partial charge in [0, 0.05) is 18.0 Å². The number of nitrogens with zero attached hydrogens (tertiary/aromatic N) is 2. The number of hydrazone groups is 1. The van der Waals surface area contributed by atoms with Crippen LogP contribution in [0.5, 0.6) is 0 Å². The first-order chi connectivity index (χ1) is 11.8. The van der Waals surface area contributed by atoms with E-state index in [-0.39, 0.29) is 4.90 Å². The highest BCUT2D eigenvalue weighted by Gasteiger charge is 2.08. The standard InChI is InChI=1S/C17H21ClN4O2S/c1-22(2)12-11-17(13-3-5-14(18)6-4-13)21-20-15-7-9-16(10-8-15)25(19,23)24/h3-10,20H,11-12H2,1-2H3,(H2,19,23,24)/b21-17-. The molecule has 0 aliphatic carbocycles. The van der Waals surface area contributed by atoms with E-state index >= 15 is 0 Å². The minimum absolute atomic E-state index is 0.0626. The van der Waals surface area contributed by atoms with Gasteiger partial charge in [-0.15, -0.1) is 0 Å². The lowest BCUT2D eigenvalue weighted by molar-refractivity contribution is 0.422. The zero-order valence-corrected chi connectivity index (χ0v) is 15.7. The second-order valence-corrected chi connectivity index (χ2v) is 7.80. The Morgan fingerprint density at radius 2 is 1.72 bits per heavy atom. The molecule has 0 aliphatic rings. The summed E-state index contributed by atoms with van der Waals surface area (Å²) in [5, 5.41) is 10.2. The van der Waals surface area contributed by atoms with E-state index in [1.54, 1.807) is 12.1 Å². The fraction of sp³-hybridized carbons (Fsp3) is 0.235. The molecule has 25 heavy (non-hydrogen) atoms. The maximum Gasteiger partial charge on any atom is 0.238 e. The molecule has 0 unspecified atom stereocenters. The number of benzene rings is 2. The maximum atomic E-state index is 11.3. The van der Waals surface area contributed by atoms with Gasteiger partial charge in [-0.3, -0.25) is 5.43 Å². The summed E-state index contributed by atoms with van der Waals surface area (Å²) in [6.07, 6.45) is 0.747. The molecule has 2 aromatic carbocycles. The Labute approximate surface area is 153 Å². The number of hydrogen-bond acceptors (Lipinski definition) is 5. The van der Waals surface area contributed by atoms with Gasteiger partial charge >= 0.3 is 0 Å². The van der Waals surface area contributed by atoms with Crippen molar-refractivity contribution < 1.29 is 8.42 Å². The van der Waals surface area contributed by atoms with Gasteiger partial charge in [0.15, 0.2) is 0 Å². The van der Waals surface area contributed by atoms with Gasteiger partial charge in [0.25, 0.3) is 0 Å². The van der Waals surface area contributed by atoms with E-state index in [1.807, 2.05) is 38.4 Å². The van der Waals surface area contributed by atoms with E-state index in [1.165, 1.54) is 12.1 Å². The van der Waals surface area contributed by atoms with Gasteiger partial charge in [-0.2, -0.15) is 5.10 Å². The van der Waals surface area contributed by atoms with Crippen LogP contribution in [0.25, 0.3) is 0 Å². The van der Waals surface area contributed by atoms with E-state index < -0.39 is 10.0 Å². The lowest BCUT2D eigenvalue weighted by Gasteiger charge is -2.12. The van der Waals surface area contributed by atoms with Crippen molar-refractivity contribution in [2.24, 2.45) is 10.2 Å². The molecule has 8 heteroatoms. The van der Waals surface area contributed by atoms with E-state index in [2.05, 4.69) is 15.4 Å². The van der Waals surface area contributed by atoms with Crippen LogP contribution in [0, 0.1) is 0 Å². The van der Waals surface area contributed by atoms with Crippen molar-refractivity contribution in [3.63, 3.8) is 0 Å². The van der Waals surface area contributed by atoms with Crippen LogP contribution in [0.2, 0.25) is 5.02 Å². The lowest BCUT2D eigenvalue weighted by atomic mass is 10.1. The Kier molecular flexibility index (Phi) is 6.55. The number of halogens is 1. The predicted octanol–water partition coefficient (Wildman–Crippen LogP) is 2.76. The summed E-state index contributed by atoms with van der Waals surface area (Å²) in [4.78, 5) is 2.14. The molecule has 2 aromatic rings. The Morgan fingerprint density at radius 3 is 2.24 bits per heavy atom. The van der Waals surface area contributed by atoms with Crippen molar-refractivity contribution in [1.82, 2.24) is 4.90 Å². The monoisotopic (exact) mass is 380 g/mol. The molecule has 0 aromatic heterocycles. The number of rotatable bonds is 7. The van der Waals surface area contributed by atoms with E-state index in [9.17, 15) is 8.42 Å². The highest BCUT2D eigenvalue weighted by molar-refractivity contribution is 7.89. The molecule has 0 amide bonds. The smallest absolute Gasteiger partial charge is 0.238 e. The molecule has 3 N–H and O–H groups in total. The summed E-state index contributed by atoms with van der Waals surface area (Å²) in [6.45, 7) is 0.841. The van der Waals surface area contributed by atoms with E-state index in [0.717, 1.165) is 24.2 Å². The van der Waals surface area contributed by atoms with Crippen molar-refractivity contribution in [1.29, 1.82) is 0 Å². The van der Waals surface area contributed by atoms with Gasteiger partial charge in [0.05, 0.1) is 16.3 Å². The molecule has 0 fully saturated rings. The fourth-order valence-corrected chi connectivity index (χ4v) is 2.73. The maximum absolute atomic E-state index is 11.3. The van der Waals surface area contributed by atoms with Crippen molar-refractivity contribution >= 4 is 33.0 Å². The normalized spacial score (nSPS) is 12.4. The van der Waals surface area contributed by atoms with Crippen LogP contribution < -0.4 is 10.6 Å². The quantitative estimate of drug-likeness (QED) is 0.571. The first-order valence-electron chi connectivity index (χ1n) is 7.62. The molecule has 0 spiro atoms. The first kappa shape index (κ1) is 19.4. The van der Waals surface area contributed by atoms with Crippen LogP contribution in [-0.4, -0.2) is 39.7 Å². The van der Waals surface area contributed by atoms with E-state index in [0.29, 0.717) is 10.7 Å². The predicted molar refractivity (Wildman–Crippen MR) is 103 cm³/mol. The number of primary sulfonamides is 1. The SMILES string of the molecule is CN(C)CC/C(=N/Nc1ccc(S(N)(=O)=O)cc1)c1ccc(Cl)cc1. The van der Waals surface area contributed by atoms with Gasteiger partial charge in [0.1, 0.15) is 0 Å². The molecule has 2 rings (SSSR count). The van der Waals surface area contributed by atoms with Gasteiger partial charge < -0.3 is 4.90 Å². The minimum atomic E-state index is -3.70. The summed E-state index contributed by atoms with van der Waals surface area (Å²) in [6, 6.07) is 13.6. The molecule has 0 atom stereocenters. The van der Waals surface area contributed by atoms with Crippen molar-refractivity contribution in [3.05, 3.63) is 59.1 Å². The summed E-state index contributed by atoms with van der Waals surface area (Å²) in [5.41, 5.74) is 5.48. The number of sulfonamides is 1. The summed E-state index contributed by atoms with van der Waals surface area (Å²) < 4.78 is 22.6. The summed E-state index contributed by atoms with van der Waals surface area (Å²) in [7, 11) is 0.300. The molecule has 134 valence electrons. The number of nitrogens with one attached hydrogen (secondary N) is 1. The first-order valence-corrected chi connectivity index (χ1v) is 9.54. The Bertz CT molecular complexity index is 832. The largest absolute Gasteiger partial charge is 0.309 e. The molecular formula is C17H21ClN4O2S. The van der Waals surface area contributed by atoms with E-state index in [4.69, 9.17) is 16.7 Å². The molecule has 6 nitrogen and oxygen atoms in total. The number of hydrogen-bond donors (Lipinski definition) is 2. The Morgan fingerprint density at radius 1 is 1.12 bits per heavy atom. The van der Waals surface area contributed by atoms with Crippen LogP contribution in [0.4, 0.5) is 5.69 Å². The van der Waals surface area contributed by atoms with Crippen molar-refractivity contribution in [2.45, 2.75) is 11.3 Å². The number of anilines is 1. The van der Waals surface area contributed by atoms with Gasteiger partial charge in [-0.25, -0.2) is 13.6 Å². The van der Waals surface area contributed by atoms with Crippen molar-refractivity contribution in [3.8, 4) is 0 Å². The van der Waals surface area contributed by atoms with Crippen LogP contribution in [0.15, 0.2) is 58.5 Å². The molecule has 0 saturated heterocycles. The third kappa shape index (κ3) is 6.13. The average molecular weight is 381 g/mol. The van der Waals surface area contributed by atoms with Crippen LogP contribution in [-0.2, 0) is 10.0 Å². The lowest BCUT2D eigenvalue weighted by Crippen LogP contribution is -2.18. The van der Waals surface area contributed by atoms with Gasteiger partial charge in [0.2, 0.25) is 10.0 Å². The third-order valence-corrected chi connectivity index (χ3v) is 4.66. The second-order valence-electron chi connectivity index (χ2n) is 5.80. The Hall–Kier alpha value is -1.93. The van der Waals surface area contributed by atoms with Crippen LogP contribution >= 0.6 is 11.6 Å². The zero-order valence-electron chi connectivity index (χ0n) is 14.1. The van der Waals surface area contributed by atoms with Crippen LogP contribution in [0.1, 0.15) is 12.0 Å². The second kappa shape index (κ2) is 8.44.